The van der Waals surface area contributed by atoms with Gasteiger partial charge in [-0.3, -0.25) is 0 Å². The predicted molar refractivity (Wildman–Crippen MR) is 78.9 cm³/mol. The van der Waals surface area contributed by atoms with Crippen molar-refractivity contribution in [2.45, 2.75) is 51.6 Å². The van der Waals surface area contributed by atoms with Crippen molar-refractivity contribution in [2.75, 3.05) is 24.6 Å². The van der Waals surface area contributed by atoms with Gasteiger partial charge >= 0.3 is 0 Å². The standard InChI is InChI=1S/C15H25N3O2/c1-3-5-13-16-12(2)10-14(17-13)18-8-4-6-15(20,11-19)7-9-18/h10,19-20H,3-9,11H2,1-2H3/t15-/m1/s1. The molecule has 20 heavy (non-hydrogen) atoms. The van der Waals surface area contributed by atoms with Crippen LogP contribution in [-0.4, -0.2) is 45.5 Å². The third kappa shape index (κ3) is 3.67. The highest BCUT2D eigenvalue weighted by Gasteiger charge is 2.29. The van der Waals surface area contributed by atoms with Gasteiger partial charge in [-0.2, -0.15) is 0 Å². The van der Waals surface area contributed by atoms with Gasteiger partial charge in [0.05, 0.1) is 12.2 Å². The fraction of sp³-hybridized carbons (Fsp3) is 0.733. The summed E-state index contributed by atoms with van der Waals surface area (Å²) in [7, 11) is 0. The van der Waals surface area contributed by atoms with E-state index in [1.54, 1.807) is 0 Å². The summed E-state index contributed by atoms with van der Waals surface area (Å²) in [6.07, 6.45) is 4.01. The van der Waals surface area contributed by atoms with E-state index in [0.717, 1.165) is 49.7 Å². The lowest BCUT2D eigenvalue weighted by Crippen LogP contribution is -2.35. The van der Waals surface area contributed by atoms with Crippen LogP contribution in [0.15, 0.2) is 6.07 Å². The van der Waals surface area contributed by atoms with E-state index >= 15 is 0 Å². The number of aryl methyl sites for hydroxylation is 2. The van der Waals surface area contributed by atoms with E-state index in [1.807, 2.05) is 13.0 Å². The number of nitrogens with zero attached hydrogens (tertiary/aromatic N) is 3. The van der Waals surface area contributed by atoms with Gasteiger partial charge in [0.2, 0.25) is 0 Å². The van der Waals surface area contributed by atoms with Crippen LogP contribution in [0.2, 0.25) is 0 Å². The molecule has 0 unspecified atom stereocenters. The second-order valence-electron chi connectivity index (χ2n) is 5.76. The Morgan fingerprint density at radius 2 is 2.10 bits per heavy atom. The highest BCUT2D eigenvalue weighted by atomic mass is 16.3. The summed E-state index contributed by atoms with van der Waals surface area (Å²) in [6.45, 7) is 5.54. The van der Waals surface area contributed by atoms with Crippen molar-refractivity contribution in [3.63, 3.8) is 0 Å². The zero-order valence-electron chi connectivity index (χ0n) is 12.5. The lowest BCUT2D eigenvalue weighted by molar-refractivity contribution is -0.0232. The maximum Gasteiger partial charge on any atom is 0.132 e. The van der Waals surface area contributed by atoms with Gasteiger partial charge in [-0.1, -0.05) is 6.92 Å². The maximum atomic E-state index is 10.2. The minimum Gasteiger partial charge on any atom is -0.393 e. The molecular weight excluding hydrogens is 254 g/mol. The molecule has 2 heterocycles. The topological polar surface area (TPSA) is 69.5 Å². The van der Waals surface area contributed by atoms with Crippen molar-refractivity contribution < 1.29 is 10.2 Å². The van der Waals surface area contributed by atoms with E-state index in [9.17, 15) is 10.2 Å². The molecule has 0 aromatic carbocycles. The molecule has 1 aliphatic heterocycles. The molecule has 5 nitrogen and oxygen atoms in total. The molecule has 1 aliphatic rings. The zero-order chi connectivity index (χ0) is 14.6. The largest absolute Gasteiger partial charge is 0.393 e. The Morgan fingerprint density at radius 1 is 1.30 bits per heavy atom. The van der Waals surface area contributed by atoms with Gasteiger partial charge in [0.25, 0.3) is 0 Å². The van der Waals surface area contributed by atoms with Gasteiger partial charge < -0.3 is 15.1 Å². The molecule has 0 saturated carbocycles. The number of anilines is 1. The number of aromatic nitrogens is 2. The fourth-order valence-electron chi connectivity index (χ4n) is 2.68. The van der Waals surface area contributed by atoms with Crippen LogP contribution in [0.4, 0.5) is 5.82 Å². The first-order valence-electron chi connectivity index (χ1n) is 7.49. The zero-order valence-corrected chi connectivity index (χ0v) is 12.5. The Balaban J connectivity index is 2.15. The van der Waals surface area contributed by atoms with Crippen LogP contribution in [0, 0.1) is 6.92 Å². The molecule has 2 rings (SSSR count). The second kappa shape index (κ2) is 6.50. The van der Waals surface area contributed by atoms with E-state index in [2.05, 4.69) is 21.8 Å². The number of hydrogen-bond acceptors (Lipinski definition) is 5. The van der Waals surface area contributed by atoms with Crippen LogP contribution < -0.4 is 4.90 Å². The summed E-state index contributed by atoms with van der Waals surface area (Å²) < 4.78 is 0. The first-order valence-corrected chi connectivity index (χ1v) is 7.49. The number of aliphatic hydroxyl groups excluding tert-OH is 1. The summed E-state index contributed by atoms with van der Waals surface area (Å²) >= 11 is 0. The smallest absolute Gasteiger partial charge is 0.132 e. The van der Waals surface area contributed by atoms with E-state index < -0.39 is 5.60 Å². The second-order valence-corrected chi connectivity index (χ2v) is 5.76. The van der Waals surface area contributed by atoms with Crippen molar-refractivity contribution >= 4 is 5.82 Å². The molecule has 0 aliphatic carbocycles. The summed E-state index contributed by atoms with van der Waals surface area (Å²) in [6, 6.07) is 2.00. The van der Waals surface area contributed by atoms with Crippen LogP contribution in [-0.2, 0) is 6.42 Å². The maximum absolute atomic E-state index is 10.2. The molecule has 5 heteroatoms. The van der Waals surface area contributed by atoms with Gasteiger partial charge in [0.1, 0.15) is 11.6 Å². The third-order valence-electron chi connectivity index (χ3n) is 3.90. The van der Waals surface area contributed by atoms with Crippen LogP contribution in [0.3, 0.4) is 0 Å². The number of aliphatic hydroxyl groups is 2. The average molecular weight is 279 g/mol. The number of hydrogen-bond donors (Lipinski definition) is 2. The Labute approximate surface area is 120 Å². The highest BCUT2D eigenvalue weighted by Crippen LogP contribution is 2.24. The van der Waals surface area contributed by atoms with Gasteiger partial charge in [-0.25, -0.2) is 9.97 Å². The molecule has 1 fully saturated rings. The lowest BCUT2D eigenvalue weighted by Gasteiger charge is -2.25. The van der Waals surface area contributed by atoms with Crippen LogP contribution in [0.25, 0.3) is 0 Å². The van der Waals surface area contributed by atoms with Crippen molar-refractivity contribution in [3.8, 4) is 0 Å². The molecule has 1 aromatic heterocycles. The summed E-state index contributed by atoms with van der Waals surface area (Å²) in [5.74, 6) is 1.84. The van der Waals surface area contributed by atoms with Gasteiger partial charge in [-0.05, 0) is 32.6 Å². The summed E-state index contributed by atoms with van der Waals surface area (Å²) in [5, 5.41) is 19.5. The van der Waals surface area contributed by atoms with Crippen LogP contribution in [0.5, 0.6) is 0 Å². The molecule has 1 saturated heterocycles. The van der Waals surface area contributed by atoms with Crippen molar-refractivity contribution in [1.29, 1.82) is 0 Å². The SMILES string of the molecule is CCCc1nc(C)cc(N2CCC[C@](O)(CO)CC2)n1. The molecule has 112 valence electrons. The van der Waals surface area contributed by atoms with Crippen LogP contribution in [0.1, 0.15) is 44.1 Å². The lowest BCUT2D eigenvalue weighted by atomic mass is 9.96. The summed E-state index contributed by atoms with van der Waals surface area (Å²) in [5.41, 5.74) is 0.0587. The van der Waals surface area contributed by atoms with Crippen molar-refractivity contribution in [1.82, 2.24) is 9.97 Å². The van der Waals surface area contributed by atoms with Crippen LogP contribution >= 0.6 is 0 Å². The van der Waals surface area contributed by atoms with Crippen molar-refractivity contribution in [2.24, 2.45) is 0 Å². The predicted octanol–water partition coefficient (Wildman–Crippen LogP) is 1.45. The average Bonchev–Trinajstić information content (AvgIpc) is 2.61. The van der Waals surface area contributed by atoms with Gasteiger partial charge in [0.15, 0.2) is 0 Å². The minimum absolute atomic E-state index is 0.162. The fourth-order valence-corrected chi connectivity index (χ4v) is 2.68. The Hall–Kier alpha value is -1.20. The van der Waals surface area contributed by atoms with E-state index in [0.29, 0.717) is 12.8 Å². The minimum atomic E-state index is -0.928. The molecule has 0 radical (unpaired) electrons. The Bertz CT molecular complexity index is 453. The monoisotopic (exact) mass is 279 g/mol. The molecule has 2 N–H and O–H groups in total. The van der Waals surface area contributed by atoms with Gasteiger partial charge in [0, 0.05) is 31.3 Å². The van der Waals surface area contributed by atoms with E-state index in [-0.39, 0.29) is 6.61 Å². The molecular formula is C15H25N3O2. The third-order valence-corrected chi connectivity index (χ3v) is 3.90. The van der Waals surface area contributed by atoms with Gasteiger partial charge in [-0.15, -0.1) is 0 Å². The first kappa shape index (κ1) is 15.2. The molecule has 1 atom stereocenters. The summed E-state index contributed by atoms with van der Waals surface area (Å²) in [4.78, 5) is 11.3. The highest BCUT2D eigenvalue weighted by molar-refractivity contribution is 5.40. The van der Waals surface area contributed by atoms with Crippen molar-refractivity contribution in [3.05, 3.63) is 17.6 Å². The Kier molecular flexibility index (Phi) is 4.94. The normalized spacial score (nSPS) is 23.7. The Morgan fingerprint density at radius 3 is 2.80 bits per heavy atom. The molecule has 0 amide bonds. The number of rotatable bonds is 4. The van der Waals surface area contributed by atoms with E-state index in [1.165, 1.54) is 0 Å². The quantitative estimate of drug-likeness (QED) is 0.873. The molecule has 0 spiro atoms. The van der Waals surface area contributed by atoms with E-state index in [4.69, 9.17) is 0 Å². The first-order chi connectivity index (χ1) is 9.56. The molecule has 1 aromatic rings. The molecule has 0 bridgehead atoms.